The molecule has 2 aliphatic rings. The molecule has 4 rings (SSSR count). The van der Waals surface area contributed by atoms with Crippen LogP contribution in [-0.2, 0) is 15.8 Å². The van der Waals surface area contributed by atoms with Crippen LogP contribution in [0.2, 0.25) is 5.02 Å². The fourth-order valence-corrected chi connectivity index (χ4v) is 4.83. The number of nitrogens with zero attached hydrogens (tertiary/aromatic N) is 1. The zero-order valence-corrected chi connectivity index (χ0v) is 17.8. The number of amides is 1. The minimum absolute atomic E-state index is 0.0367. The highest BCUT2D eigenvalue weighted by molar-refractivity contribution is 6.31. The Labute approximate surface area is 183 Å². The third-order valence-electron chi connectivity index (χ3n) is 5.86. The largest absolute Gasteiger partial charge is 0.416 e. The van der Waals surface area contributed by atoms with E-state index in [0.717, 1.165) is 12.1 Å². The first-order chi connectivity index (χ1) is 14.5. The Morgan fingerprint density at radius 3 is 2.42 bits per heavy atom. The first-order valence-electron chi connectivity index (χ1n) is 9.99. The second-order valence-corrected chi connectivity index (χ2v) is 9.26. The topological polar surface area (TPSA) is 37.4 Å². The van der Waals surface area contributed by atoms with E-state index < -0.39 is 23.1 Å². The van der Waals surface area contributed by atoms with Crippen LogP contribution in [0.3, 0.4) is 0 Å². The maximum absolute atomic E-state index is 13.3. The number of Topliss-reactive ketones (excluding diaryl/α,β-unsaturated/α-hetero) is 1. The van der Waals surface area contributed by atoms with Crippen molar-refractivity contribution in [3.05, 3.63) is 76.0 Å². The highest BCUT2D eigenvalue weighted by Gasteiger charge is 2.45. The molecule has 31 heavy (non-hydrogen) atoms. The number of benzene rings is 2. The SMILES string of the molecule is CC1(C)CC(=O)C2=C(C1)N(c1cccc(C(F)(F)F)c1)C(=O)CC2c1ccccc1Cl. The van der Waals surface area contributed by atoms with Crippen molar-refractivity contribution < 1.29 is 22.8 Å². The van der Waals surface area contributed by atoms with E-state index >= 15 is 0 Å². The van der Waals surface area contributed by atoms with Gasteiger partial charge in [0.1, 0.15) is 0 Å². The van der Waals surface area contributed by atoms with Crippen molar-refractivity contribution in [2.45, 2.75) is 45.2 Å². The molecule has 7 heteroatoms. The fourth-order valence-electron chi connectivity index (χ4n) is 4.56. The molecule has 0 N–H and O–H groups in total. The lowest BCUT2D eigenvalue weighted by atomic mass is 9.69. The molecule has 2 aromatic rings. The summed E-state index contributed by atoms with van der Waals surface area (Å²) in [6, 6.07) is 11.7. The summed E-state index contributed by atoms with van der Waals surface area (Å²) in [5.74, 6) is -0.962. The average Bonchev–Trinajstić information content (AvgIpc) is 2.66. The molecule has 0 radical (unpaired) electrons. The van der Waals surface area contributed by atoms with Gasteiger partial charge in [-0.2, -0.15) is 13.2 Å². The highest BCUT2D eigenvalue weighted by Crippen LogP contribution is 2.49. The zero-order valence-electron chi connectivity index (χ0n) is 17.1. The van der Waals surface area contributed by atoms with Gasteiger partial charge in [-0.25, -0.2) is 0 Å². The minimum atomic E-state index is -4.53. The molecule has 1 aliphatic carbocycles. The van der Waals surface area contributed by atoms with Crippen LogP contribution in [0.4, 0.5) is 18.9 Å². The van der Waals surface area contributed by atoms with E-state index in [1.807, 2.05) is 13.8 Å². The van der Waals surface area contributed by atoms with Crippen LogP contribution < -0.4 is 4.90 Å². The monoisotopic (exact) mass is 447 g/mol. The molecule has 0 saturated heterocycles. The predicted molar refractivity (Wildman–Crippen MR) is 113 cm³/mol. The molecule has 162 valence electrons. The normalized spacial score (nSPS) is 21.4. The molecule has 1 amide bonds. The van der Waals surface area contributed by atoms with Crippen molar-refractivity contribution in [3.63, 3.8) is 0 Å². The summed E-state index contributed by atoms with van der Waals surface area (Å²) in [6.45, 7) is 3.84. The van der Waals surface area contributed by atoms with Crippen molar-refractivity contribution in [2.24, 2.45) is 5.41 Å². The van der Waals surface area contributed by atoms with Crippen LogP contribution >= 0.6 is 11.6 Å². The molecule has 0 bridgehead atoms. The highest BCUT2D eigenvalue weighted by atomic mass is 35.5. The third-order valence-corrected chi connectivity index (χ3v) is 6.20. The summed E-state index contributed by atoms with van der Waals surface area (Å²) >= 11 is 6.38. The second-order valence-electron chi connectivity index (χ2n) is 8.86. The lowest BCUT2D eigenvalue weighted by Gasteiger charge is -2.43. The van der Waals surface area contributed by atoms with Gasteiger partial charge in [0.15, 0.2) is 5.78 Å². The molecular weight excluding hydrogens is 427 g/mol. The summed E-state index contributed by atoms with van der Waals surface area (Å²) in [6.07, 6.45) is -3.87. The lowest BCUT2D eigenvalue weighted by Crippen LogP contribution is -2.43. The number of alkyl halides is 3. The molecule has 1 unspecified atom stereocenters. The Morgan fingerprint density at radius 1 is 1.03 bits per heavy atom. The van der Waals surface area contributed by atoms with Crippen LogP contribution in [-0.4, -0.2) is 11.7 Å². The van der Waals surface area contributed by atoms with Crippen LogP contribution in [0, 0.1) is 5.41 Å². The zero-order chi connectivity index (χ0) is 22.6. The van der Waals surface area contributed by atoms with Crippen LogP contribution in [0.25, 0.3) is 0 Å². The van der Waals surface area contributed by atoms with Gasteiger partial charge in [0.25, 0.3) is 0 Å². The van der Waals surface area contributed by atoms with Gasteiger partial charge in [0.05, 0.1) is 5.56 Å². The van der Waals surface area contributed by atoms with Gasteiger partial charge >= 0.3 is 6.18 Å². The van der Waals surface area contributed by atoms with Gasteiger partial charge in [0.2, 0.25) is 5.91 Å². The number of halogens is 4. The second kappa shape index (κ2) is 7.52. The van der Waals surface area contributed by atoms with Gasteiger partial charge in [0, 0.05) is 40.7 Å². The van der Waals surface area contributed by atoms with Gasteiger partial charge in [-0.1, -0.05) is 49.7 Å². The number of hydrogen-bond donors (Lipinski definition) is 0. The number of carbonyl (C=O) groups is 2. The number of carbonyl (C=O) groups excluding carboxylic acids is 2. The fraction of sp³-hybridized carbons (Fsp3) is 0.333. The predicted octanol–water partition coefficient (Wildman–Crippen LogP) is 6.52. The van der Waals surface area contributed by atoms with E-state index in [1.165, 1.54) is 17.0 Å². The Balaban J connectivity index is 1.91. The summed E-state index contributed by atoms with van der Waals surface area (Å²) in [5.41, 5.74) is 0.497. The van der Waals surface area contributed by atoms with E-state index in [0.29, 0.717) is 34.7 Å². The van der Waals surface area contributed by atoms with Crippen molar-refractivity contribution in [1.82, 2.24) is 0 Å². The first kappa shape index (κ1) is 21.6. The molecular formula is C24H21ClF3NO2. The Bertz CT molecular complexity index is 1100. The lowest BCUT2D eigenvalue weighted by molar-refractivity contribution is -0.137. The smallest absolute Gasteiger partial charge is 0.294 e. The summed E-state index contributed by atoms with van der Waals surface area (Å²) < 4.78 is 39.9. The number of ketones is 1. The van der Waals surface area contributed by atoms with Crippen molar-refractivity contribution in [2.75, 3.05) is 4.90 Å². The van der Waals surface area contributed by atoms with Crippen molar-refractivity contribution in [1.29, 1.82) is 0 Å². The van der Waals surface area contributed by atoms with Gasteiger partial charge in [-0.15, -0.1) is 0 Å². The standard InChI is InChI=1S/C24H21ClF3NO2/c1-23(2)12-19-22(20(30)13-23)17(16-8-3-4-9-18(16)25)11-21(31)29(19)15-7-5-6-14(10-15)24(26,27)28/h3-10,17H,11-13H2,1-2H3. The Hall–Kier alpha value is -2.60. The molecule has 0 fully saturated rings. The molecule has 1 aliphatic heterocycles. The number of anilines is 1. The van der Waals surface area contributed by atoms with E-state index in [1.54, 1.807) is 24.3 Å². The molecule has 3 nitrogen and oxygen atoms in total. The Morgan fingerprint density at radius 2 is 1.74 bits per heavy atom. The molecule has 0 aromatic heterocycles. The quantitative estimate of drug-likeness (QED) is 0.525. The van der Waals surface area contributed by atoms with Crippen LogP contribution in [0.1, 0.15) is 50.2 Å². The summed E-state index contributed by atoms with van der Waals surface area (Å²) in [5, 5.41) is 0.456. The van der Waals surface area contributed by atoms with E-state index in [9.17, 15) is 22.8 Å². The van der Waals surface area contributed by atoms with E-state index in [2.05, 4.69) is 0 Å². The van der Waals surface area contributed by atoms with Gasteiger partial charge < -0.3 is 0 Å². The molecule has 0 spiro atoms. The number of rotatable bonds is 2. The number of allylic oxidation sites excluding steroid dienone is 2. The summed E-state index contributed by atoms with van der Waals surface area (Å²) in [7, 11) is 0. The molecule has 2 aromatic carbocycles. The third kappa shape index (κ3) is 4.01. The maximum Gasteiger partial charge on any atom is 0.416 e. The number of hydrogen-bond acceptors (Lipinski definition) is 2. The first-order valence-corrected chi connectivity index (χ1v) is 10.4. The molecule has 1 atom stereocenters. The molecule has 0 saturated carbocycles. The maximum atomic E-state index is 13.3. The van der Waals surface area contributed by atoms with Gasteiger partial charge in [-0.3, -0.25) is 14.5 Å². The van der Waals surface area contributed by atoms with Crippen LogP contribution in [0.15, 0.2) is 59.8 Å². The van der Waals surface area contributed by atoms with Crippen molar-refractivity contribution in [3.8, 4) is 0 Å². The van der Waals surface area contributed by atoms with Crippen molar-refractivity contribution >= 4 is 29.0 Å². The Kier molecular flexibility index (Phi) is 5.24. The van der Waals surface area contributed by atoms with E-state index in [4.69, 9.17) is 11.6 Å². The summed E-state index contributed by atoms with van der Waals surface area (Å²) in [4.78, 5) is 27.8. The van der Waals surface area contributed by atoms with E-state index in [-0.39, 0.29) is 23.8 Å². The minimum Gasteiger partial charge on any atom is -0.294 e. The van der Waals surface area contributed by atoms with Crippen LogP contribution in [0.5, 0.6) is 0 Å². The molecule has 1 heterocycles. The van der Waals surface area contributed by atoms with Gasteiger partial charge in [-0.05, 0) is 41.7 Å². The average molecular weight is 448 g/mol.